The fourth-order valence-electron chi connectivity index (χ4n) is 0.989. The molecule has 0 amide bonds. The molecule has 0 aliphatic heterocycles. The van der Waals surface area contributed by atoms with Crippen LogP contribution in [0.25, 0.3) is 0 Å². The van der Waals surface area contributed by atoms with Crippen molar-refractivity contribution in [1.29, 1.82) is 0 Å². The molecule has 1 atom stereocenters. The molecule has 0 radical (unpaired) electrons. The highest BCUT2D eigenvalue weighted by atomic mass is 19.3. The van der Waals surface area contributed by atoms with E-state index in [9.17, 15) is 13.6 Å². The van der Waals surface area contributed by atoms with Crippen molar-refractivity contribution in [1.82, 2.24) is 9.97 Å². The number of halogens is 2. The number of aromatic nitrogens is 2. The van der Waals surface area contributed by atoms with Gasteiger partial charge in [0.05, 0.1) is 11.9 Å². The van der Waals surface area contributed by atoms with E-state index in [4.69, 9.17) is 10.8 Å². The van der Waals surface area contributed by atoms with Crippen molar-refractivity contribution in [2.75, 3.05) is 6.54 Å². The maximum atomic E-state index is 12.1. The van der Waals surface area contributed by atoms with Gasteiger partial charge in [0.2, 0.25) is 0 Å². The van der Waals surface area contributed by atoms with Crippen LogP contribution in [-0.2, 0) is 4.79 Å². The molecule has 0 aromatic carbocycles. The van der Waals surface area contributed by atoms with Gasteiger partial charge in [-0.1, -0.05) is 0 Å². The van der Waals surface area contributed by atoms with Crippen molar-refractivity contribution in [2.24, 2.45) is 5.73 Å². The first-order chi connectivity index (χ1) is 7.06. The Morgan fingerprint density at radius 2 is 1.93 bits per heavy atom. The molecule has 0 saturated carbocycles. The number of hydrogen-bond acceptors (Lipinski definition) is 4. The lowest BCUT2D eigenvalue weighted by molar-refractivity contribution is -0.138. The van der Waals surface area contributed by atoms with E-state index in [2.05, 4.69) is 9.97 Å². The van der Waals surface area contributed by atoms with E-state index >= 15 is 0 Å². The Hall–Kier alpha value is -1.63. The molecule has 1 aromatic heterocycles. The third kappa shape index (κ3) is 2.66. The highest BCUT2D eigenvalue weighted by Gasteiger charge is 2.20. The van der Waals surface area contributed by atoms with Gasteiger partial charge in [-0.15, -0.1) is 0 Å². The third-order valence-electron chi connectivity index (χ3n) is 1.81. The summed E-state index contributed by atoms with van der Waals surface area (Å²) in [5, 5.41) is 8.71. The van der Waals surface area contributed by atoms with Crippen LogP contribution in [0.5, 0.6) is 0 Å². The average Bonchev–Trinajstić information content (AvgIpc) is 2.19. The van der Waals surface area contributed by atoms with E-state index in [0.29, 0.717) is 0 Å². The van der Waals surface area contributed by atoms with E-state index < -0.39 is 24.0 Å². The molecule has 0 bridgehead atoms. The Morgan fingerprint density at radius 1 is 1.40 bits per heavy atom. The number of carboxylic acids is 1. The van der Waals surface area contributed by atoms with Gasteiger partial charge in [0.25, 0.3) is 6.43 Å². The Kier molecular flexibility index (Phi) is 3.62. The topological polar surface area (TPSA) is 89.1 Å². The summed E-state index contributed by atoms with van der Waals surface area (Å²) in [6.45, 7) is -0.155. The number of carbonyl (C=O) groups is 1. The SMILES string of the molecule is NCC(C(=O)O)c1cnc(C(F)F)cn1. The lowest BCUT2D eigenvalue weighted by Crippen LogP contribution is -2.22. The number of hydrogen-bond donors (Lipinski definition) is 2. The summed E-state index contributed by atoms with van der Waals surface area (Å²) in [7, 11) is 0. The van der Waals surface area contributed by atoms with Crippen LogP contribution in [0.3, 0.4) is 0 Å². The maximum Gasteiger partial charge on any atom is 0.313 e. The van der Waals surface area contributed by atoms with E-state index in [1.54, 1.807) is 0 Å². The van der Waals surface area contributed by atoms with Gasteiger partial charge in [-0.3, -0.25) is 14.8 Å². The van der Waals surface area contributed by atoms with E-state index in [0.717, 1.165) is 12.4 Å². The van der Waals surface area contributed by atoms with Gasteiger partial charge in [0, 0.05) is 12.7 Å². The van der Waals surface area contributed by atoms with Gasteiger partial charge in [0.1, 0.15) is 11.6 Å². The zero-order valence-corrected chi connectivity index (χ0v) is 7.60. The van der Waals surface area contributed by atoms with Crippen molar-refractivity contribution in [3.63, 3.8) is 0 Å². The number of nitrogens with two attached hydrogens (primary N) is 1. The molecule has 5 nitrogen and oxygen atoms in total. The van der Waals surface area contributed by atoms with Crippen molar-refractivity contribution < 1.29 is 18.7 Å². The van der Waals surface area contributed by atoms with Gasteiger partial charge >= 0.3 is 5.97 Å². The smallest absolute Gasteiger partial charge is 0.313 e. The van der Waals surface area contributed by atoms with E-state index in [-0.39, 0.29) is 12.2 Å². The minimum absolute atomic E-state index is 0.0781. The molecule has 15 heavy (non-hydrogen) atoms. The van der Waals surface area contributed by atoms with Crippen LogP contribution >= 0.6 is 0 Å². The molecule has 0 aliphatic carbocycles. The number of rotatable bonds is 4. The van der Waals surface area contributed by atoms with Gasteiger partial charge < -0.3 is 10.8 Å². The molecule has 1 unspecified atom stereocenters. The number of aliphatic carboxylic acids is 1. The molecule has 0 spiro atoms. The average molecular weight is 217 g/mol. The van der Waals surface area contributed by atoms with Crippen molar-refractivity contribution in [3.8, 4) is 0 Å². The minimum Gasteiger partial charge on any atom is -0.481 e. The van der Waals surface area contributed by atoms with Crippen LogP contribution in [0.15, 0.2) is 12.4 Å². The van der Waals surface area contributed by atoms with Crippen LogP contribution in [0.2, 0.25) is 0 Å². The Labute approximate surface area is 84.0 Å². The fraction of sp³-hybridized carbons (Fsp3) is 0.375. The molecule has 82 valence electrons. The summed E-state index contributed by atoms with van der Waals surface area (Å²) in [5.41, 5.74) is 4.80. The second-order valence-electron chi connectivity index (χ2n) is 2.79. The molecular weight excluding hydrogens is 208 g/mol. The summed E-state index contributed by atoms with van der Waals surface area (Å²) >= 11 is 0. The molecule has 3 N–H and O–H groups in total. The first-order valence-corrected chi connectivity index (χ1v) is 4.09. The molecular formula is C8H9F2N3O2. The zero-order chi connectivity index (χ0) is 11.4. The van der Waals surface area contributed by atoms with Crippen LogP contribution in [0.1, 0.15) is 23.7 Å². The van der Waals surface area contributed by atoms with Gasteiger partial charge in [-0.05, 0) is 0 Å². The standard InChI is InChI=1S/C8H9F2N3O2/c9-7(10)6-3-12-5(2-13-6)4(1-11)8(14)15/h2-4,7H,1,11H2,(H,14,15). The van der Waals surface area contributed by atoms with Gasteiger partial charge in [0.15, 0.2) is 0 Å². The van der Waals surface area contributed by atoms with Crippen LogP contribution in [0, 0.1) is 0 Å². The predicted octanol–water partition coefficient (Wildman–Crippen LogP) is 0.541. The number of carboxylic acid groups (broad SMARTS) is 1. The Bertz CT molecular complexity index is 342. The van der Waals surface area contributed by atoms with Crippen LogP contribution in [0.4, 0.5) is 8.78 Å². The first-order valence-electron chi connectivity index (χ1n) is 4.09. The fourth-order valence-corrected chi connectivity index (χ4v) is 0.989. The molecule has 1 rings (SSSR count). The maximum absolute atomic E-state index is 12.1. The second kappa shape index (κ2) is 4.74. The largest absolute Gasteiger partial charge is 0.481 e. The summed E-state index contributed by atoms with van der Waals surface area (Å²) in [6.07, 6.45) is -0.855. The summed E-state index contributed by atoms with van der Waals surface area (Å²) in [4.78, 5) is 17.6. The number of nitrogens with zero attached hydrogens (tertiary/aromatic N) is 2. The van der Waals surface area contributed by atoms with Crippen molar-refractivity contribution >= 4 is 5.97 Å². The Balaban J connectivity index is 2.92. The predicted molar refractivity (Wildman–Crippen MR) is 46.4 cm³/mol. The molecule has 7 heteroatoms. The summed E-state index contributed by atoms with van der Waals surface area (Å²) in [5.74, 6) is -2.17. The highest BCUT2D eigenvalue weighted by Crippen LogP contribution is 2.17. The van der Waals surface area contributed by atoms with Crippen molar-refractivity contribution in [3.05, 3.63) is 23.8 Å². The van der Waals surface area contributed by atoms with Gasteiger partial charge in [-0.25, -0.2) is 8.78 Å². The third-order valence-corrected chi connectivity index (χ3v) is 1.81. The van der Waals surface area contributed by atoms with Crippen LogP contribution < -0.4 is 5.73 Å². The summed E-state index contributed by atoms with van der Waals surface area (Å²) in [6, 6.07) is 0. The first kappa shape index (κ1) is 11.4. The number of alkyl halides is 2. The molecule has 0 fully saturated rings. The zero-order valence-electron chi connectivity index (χ0n) is 7.60. The summed E-state index contributed by atoms with van der Waals surface area (Å²) < 4.78 is 24.2. The van der Waals surface area contributed by atoms with E-state index in [1.807, 2.05) is 0 Å². The quantitative estimate of drug-likeness (QED) is 0.768. The molecule has 1 aromatic rings. The van der Waals surface area contributed by atoms with Gasteiger partial charge in [-0.2, -0.15) is 0 Å². The second-order valence-corrected chi connectivity index (χ2v) is 2.79. The molecule has 0 aliphatic rings. The monoisotopic (exact) mass is 217 g/mol. The van der Waals surface area contributed by atoms with Crippen LogP contribution in [-0.4, -0.2) is 27.6 Å². The minimum atomic E-state index is -2.72. The Morgan fingerprint density at radius 3 is 2.27 bits per heavy atom. The van der Waals surface area contributed by atoms with Crippen molar-refractivity contribution in [2.45, 2.75) is 12.3 Å². The normalized spacial score (nSPS) is 12.8. The lowest BCUT2D eigenvalue weighted by atomic mass is 10.1. The molecule has 0 saturated heterocycles. The lowest BCUT2D eigenvalue weighted by Gasteiger charge is -2.08. The van der Waals surface area contributed by atoms with E-state index in [1.165, 1.54) is 0 Å². The highest BCUT2D eigenvalue weighted by molar-refractivity contribution is 5.75. The molecule has 1 heterocycles.